The first kappa shape index (κ1) is 11.7. The van der Waals surface area contributed by atoms with Crippen molar-refractivity contribution in [2.45, 2.75) is 0 Å². The van der Waals surface area contributed by atoms with Gasteiger partial charge in [0, 0.05) is 0 Å². The molecule has 0 aliphatic rings. The van der Waals surface area contributed by atoms with Gasteiger partial charge >= 0.3 is 0 Å². The fourth-order valence-corrected chi connectivity index (χ4v) is 2.15. The van der Waals surface area contributed by atoms with E-state index >= 15 is 0 Å². The fourth-order valence-electron chi connectivity index (χ4n) is 2.15. The van der Waals surface area contributed by atoms with Gasteiger partial charge in [0.15, 0.2) is 0 Å². The molecule has 0 saturated carbocycles. The molecule has 0 aliphatic carbocycles. The first-order chi connectivity index (χ1) is 9.33. The van der Waals surface area contributed by atoms with E-state index in [9.17, 15) is 4.39 Å². The minimum atomic E-state index is -0.206. The summed E-state index contributed by atoms with van der Waals surface area (Å²) in [7, 11) is 0. The van der Waals surface area contributed by atoms with E-state index in [-0.39, 0.29) is 5.82 Å². The molecule has 0 atom stereocenters. The van der Waals surface area contributed by atoms with Gasteiger partial charge in [0.2, 0.25) is 0 Å². The minimum Gasteiger partial charge on any atom is -0.207 e. The Morgan fingerprint density at radius 2 is 1.00 bits per heavy atom. The third kappa shape index (κ3) is 2.55. The topological polar surface area (TPSA) is 0 Å². The molecule has 3 rings (SSSR count). The maximum absolute atomic E-state index is 12.9. The molecule has 0 spiro atoms. The van der Waals surface area contributed by atoms with Crippen molar-refractivity contribution in [2.75, 3.05) is 0 Å². The summed E-state index contributed by atoms with van der Waals surface area (Å²) in [6.07, 6.45) is 0. The minimum absolute atomic E-state index is 0.206. The van der Waals surface area contributed by atoms with Crippen molar-refractivity contribution >= 4 is 0 Å². The van der Waals surface area contributed by atoms with Crippen molar-refractivity contribution in [3.8, 4) is 22.3 Å². The maximum Gasteiger partial charge on any atom is 0.123 e. The van der Waals surface area contributed by atoms with Crippen LogP contribution >= 0.6 is 0 Å². The van der Waals surface area contributed by atoms with Gasteiger partial charge in [-0.15, -0.1) is 0 Å². The van der Waals surface area contributed by atoms with Gasteiger partial charge in [-0.05, 0) is 40.5 Å². The highest BCUT2D eigenvalue weighted by molar-refractivity contribution is 5.72. The first-order valence-electron chi connectivity index (χ1n) is 6.24. The summed E-state index contributed by atoms with van der Waals surface area (Å²) in [6, 6.07) is 25.1. The average Bonchev–Trinajstić information content (AvgIpc) is 2.49. The third-order valence-electron chi connectivity index (χ3n) is 3.15. The quantitative estimate of drug-likeness (QED) is 0.587. The molecule has 3 aromatic carbocycles. The number of hydrogen-bond acceptors (Lipinski definition) is 0. The van der Waals surface area contributed by atoms with Gasteiger partial charge in [0.05, 0.1) is 0 Å². The lowest BCUT2D eigenvalue weighted by Crippen LogP contribution is -1.81. The van der Waals surface area contributed by atoms with Crippen molar-refractivity contribution in [1.82, 2.24) is 0 Å². The largest absolute Gasteiger partial charge is 0.207 e. The number of halogens is 1. The van der Waals surface area contributed by atoms with Crippen LogP contribution in [0.25, 0.3) is 22.3 Å². The molecule has 0 heterocycles. The van der Waals surface area contributed by atoms with Crippen LogP contribution in [0.1, 0.15) is 0 Å². The molecule has 0 unspecified atom stereocenters. The Kier molecular flexibility index (Phi) is 3.11. The molecule has 0 radical (unpaired) electrons. The number of benzene rings is 3. The van der Waals surface area contributed by atoms with Crippen molar-refractivity contribution in [2.24, 2.45) is 0 Å². The SMILES string of the molecule is Fc1ccc(-c2cccc(-c3ccccc3)c2)cc1. The van der Waals surface area contributed by atoms with Crippen LogP contribution in [0.2, 0.25) is 0 Å². The molecule has 19 heavy (non-hydrogen) atoms. The van der Waals surface area contributed by atoms with E-state index in [1.165, 1.54) is 23.3 Å². The van der Waals surface area contributed by atoms with Crippen LogP contribution < -0.4 is 0 Å². The van der Waals surface area contributed by atoms with E-state index in [1.54, 1.807) is 12.1 Å². The van der Waals surface area contributed by atoms with E-state index < -0.39 is 0 Å². The summed E-state index contributed by atoms with van der Waals surface area (Å²) in [5, 5.41) is 0. The second kappa shape index (κ2) is 5.07. The second-order valence-electron chi connectivity index (χ2n) is 4.45. The van der Waals surface area contributed by atoms with Gasteiger partial charge in [-0.25, -0.2) is 4.39 Å². The van der Waals surface area contributed by atoms with Crippen LogP contribution in [0.5, 0.6) is 0 Å². The Hall–Kier alpha value is -2.41. The van der Waals surface area contributed by atoms with E-state index in [2.05, 4.69) is 24.3 Å². The Bertz CT molecular complexity index is 670. The van der Waals surface area contributed by atoms with Crippen molar-refractivity contribution < 1.29 is 4.39 Å². The van der Waals surface area contributed by atoms with E-state index in [4.69, 9.17) is 0 Å². The van der Waals surface area contributed by atoms with E-state index in [0.717, 1.165) is 11.1 Å². The normalized spacial score (nSPS) is 10.4. The number of hydrogen-bond donors (Lipinski definition) is 0. The zero-order valence-corrected chi connectivity index (χ0v) is 10.4. The first-order valence-corrected chi connectivity index (χ1v) is 6.24. The summed E-state index contributed by atoms with van der Waals surface area (Å²) in [6.45, 7) is 0. The highest BCUT2D eigenvalue weighted by Gasteiger charge is 2.01. The zero-order chi connectivity index (χ0) is 13.1. The van der Waals surface area contributed by atoms with Crippen molar-refractivity contribution in [1.29, 1.82) is 0 Å². The molecule has 0 bridgehead atoms. The van der Waals surface area contributed by atoms with Crippen LogP contribution in [0.3, 0.4) is 0 Å². The third-order valence-corrected chi connectivity index (χ3v) is 3.15. The molecule has 0 aromatic heterocycles. The lowest BCUT2D eigenvalue weighted by molar-refractivity contribution is 0.628. The molecule has 0 saturated heterocycles. The maximum atomic E-state index is 12.9. The highest BCUT2D eigenvalue weighted by atomic mass is 19.1. The van der Waals surface area contributed by atoms with Crippen molar-refractivity contribution in [3.05, 3.63) is 84.7 Å². The summed E-state index contributed by atoms with van der Waals surface area (Å²) in [5.74, 6) is -0.206. The molecule has 1 heteroatoms. The van der Waals surface area contributed by atoms with Crippen LogP contribution in [0.15, 0.2) is 78.9 Å². The molecule has 0 amide bonds. The monoisotopic (exact) mass is 248 g/mol. The van der Waals surface area contributed by atoms with Gasteiger partial charge in [0.25, 0.3) is 0 Å². The Morgan fingerprint density at radius 3 is 1.63 bits per heavy atom. The average molecular weight is 248 g/mol. The fraction of sp³-hybridized carbons (Fsp3) is 0. The molecular formula is C18H13F. The molecule has 0 N–H and O–H groups in total. The lowest BCUT2D eigenvalue weighted by atomic mass is 9.99. The molecule has 0 nitrogen and oxygen atoms in total. The molecule has 92 valence electrons. The van der Waals surface area contributed by atoms with E-state index in [1.807, 2.05) is 30.3 Å². The lowest BCUT2D eigenvalue weighted by Gasteiger charge is -2.06. The summed E-state index contributed by atoms with van der Waals surface area (Å²) >= 11 is 0. The number of rotatable bonds is 2. The van der Waals surface area contributed by atoms with Gasteiger partial charge < -0.3 is 0 Å². The second-order valence-corrected chi connectivity index (χ2v) is 4.45. The van der Waals surface area contributed by atoms with Gasteiger partial charge in [-0.1, -0.05) is 60.7 Å². The van der Waals surface area contributed by atoms with Gasteiger partial charge in [0.1, 0.15) is 5.82 Å². The van der Waals surface area contributed by atoms with Gasteiger partial charge in [-0.2, -0.15) is 0 Å². The molecule has 3 aromatic rings. The standard InChI is InChI=1S/C18H13F/c19-18-11-9-15(10-12-18)17-8-4-7-16(13-17)14-5-2-1-3-6-14/h1-13H. The predicted octanol–water partition coefficient (Wildman–Crippen LogP) is 5.16. The summed E-state index contributed by atoms with van der Waals surface area (Å²) in [4.78, 5) is 0. The Labute approximate surface area is 112 Å². The summed E-state index contributed by atoms with van der Waals surface area (Å²) in [5.41, 5.74) is 4.48. The van der Waals surface area contributed by atoms with Crippen LogP contribution in [-0.4, -0.2) is 0 Å². The molecular weight excluding hydrogens is 235 g/mol. The smallest absolute Gasteiger partial charge is 0.123 e. The van der Waals surface area contributed by atoms with E-state index in [0.29, 0.717) is 0 Å². The van der Waals surface area contributed by atoms with Crippen LogP contribution in [0, 0.1) is 5.82 Å². The van der Waals surface area contributed by atoms with Crippen molar-refractivity contribution in [3.63, 3.8) is 0 Å². The molecule has 0 fully saturated rings. The molecule has 0 aliphatic heterocycles. The Balaban J connectivity index is 2.03. The highest BCUT2D eigenvalue weighted by Crippen LogP contribution is 2.26. The Morgan fingerprint density at radius 1 is 0.474 bits per heavy atom. The predicted molar refractivity (Wildman–Crippen MR) is 77.3 cm³/mol. The van der Waals surface area contributed by atoms with Gasteiger partial charge in [-0.3, -0.25) is 0 Å². The zero-order valence-electron chi connectivity index (χ0n) is 10.4. The van der Waals surface area contributed by atoms with Crippen LogP contribution in [-0.2, 0) is 0 Å². The van der Waals surface area contributed by atoms with Crippen LogP contribution in [0.4, 0.5) is 4.39 Å². The summed E-state index contributed by atoms with van der Waals surface area (Å²) < 4.78 is 12.9.